The molecule has 0 bridgehead atoms. The van der Waals surface area contributed by atoms with Gasteiger partial charge in [0.25, 0.3) is 5.69 Å². The Bertz CT molecular complexity index is 902. The van der Waals surface area contributed by atoms with E-state index in [9.17, 15) is 14.9 Å². The zero-order chi connectivity index (χ0) is 19.2. The molecule has 0 unspecified atom stereocenters. The summed E-state index contributed by atoms with van der Waals surface area (Å²) in [7, 11) is 0. The molecule has 0 saturated heterocycles. The zero-order valence-corrected chi connectivity index (χ0v) is 15.6. The van der Waals surface area contributed by atoms with Crippen molar-refractivity contribution in [3.63, 3.8) is 0 Å². The SMILES string of the molecule is Cc1ccc(C(=O)C[C@H](SCc2ccco2)c2ccc([N+](=O)[O-])cc2)cc1. The van der Waals surface area contributed by atoms with Crippen molar-refractivity contribution in [1.29, 1.82) is 0 Å². The van der Waals surface area contributed by atoms with Crippen molar-refractivity contribution >= 4 is 23.2 Å². The number of rotatable bonds is 8. The molecular weight excluding hydrogens is 362 g/mol. The van der Waals surface area contributed by atoms with Gasteiger partial charge >= 0.3 is 0 Å². The molecular formula is C21H19NO4S. The number of aryl methyl sites for hydroxylation is 1. The molecule has 138 valence electrons. The maximum atomic E-state index is 12.7. The Kier molecular flexibility index (Phi) is 6.08. The molecule has 0 N–H and O–H groups in total. The Balaban J connectivity index is 1.78. The molecule has 0 aliphatic heterocycles. The fourth-order valence-electron chi connectivity index (χ4n) is 2.69. The third-order valence-corrected chi connectivity index (χ3v) is 5.52. The second-order valence-corrected chi connectivity index (χ2v) is 7.41. The summed E-state index contributed by atoms with van der Waals surface area (Å²) in [5.41, 5.74) is 2.70. The molecule has 1 atom stereocenters. The molecule has 0 fully saturated rings. The number of furan rings is 1. The smallest absolute Gasteiger partial charge is 0.269 e. The highest BCUT2D eigenvalue weighted by molar-refractivity contribution is 7.98. The first-order valence-corrected chi connectivity index (χ1v) is 9.56. The Labute approximate surface area is 161 Å². The highest BCUT2D eigenvalue weighted by atomic mass is 32.2. The average molecular weight is 381 g/mol. The first-order chi connectivity index (χ1) is 13.0. The molecule has 1 aromatic heterocycles. The van der Waals surface area contributed by atoms with E-state index in [-0.39, 0.29) is 16.7 Å². The number of non-ortho nitro benzene ring substituents is 1. The number of nitro groups is 1. The van der Waals surface area contributed by atoms with Gasteiger partial charge in [-0.15, -0.1) is 11.8 Å². The van der Waals surface area contributed by atoms with Crippen LogP contribution >= 0.6 is 11.8 Å². The molecule has 5 nitrogen and oxygen atoms in total. The maximum absolute atomic E-state index is 12.7. The van der Waals surface area contributed by atoms with Gasteiger partial charge in [-0.2, -0.15) is 0 Å². The van der Waals surface area contributed by atoms with E-state index in [1.165, 1.54) is 12.1 Å². The number of carbonyl (C=O) groups excluding carboxylic acids is 1. The zero-order valence-electron chi connectivity index (χ0n) is 14.8. The van der Waals surface area contributed by atoms with Crippen LogP contribution < -0.4 is 0 Å². The molecule has 0 radical (unpaired) electrons. The minimum Gasteiger partial charge on any atom is -0.468 e. The van der Waals surface area contributed by atoms with Crippen molar-refractivity contribution in [2.24, 2.45) is 0 Å². The summed E-state index contributed by atoms with van der Waals surface area (Å²) in [6, 6.07) is 17.6. The molecule has 27 heavy (non-hydrogen) atoms. The van der Waals surface area contributed by atoms with Crippen LogP contribution in [0.3, 0.4) is 0 Å². The number of nitro benzene ring substituents is 1. The Morgan fingerprint density at radius 2 is 1.81 bits per heavy atom. The highest BCUT2D eigenvalue weighted by Crippen LogP contribution is 2.36. The van der Waals surface area contributed by atoms with E-state index in [1.54, 1.807) is 30.2 Å². The number of nitrogens with zero attached hydrogens (tertiary/aromatic N) is 1. The third kappa shape index (κ3) is 5.08. The maximum Gasteiger partial charge on any atom is 0.269 e. The second kappa shape index (κ2) is 8.68. The first-order valence-electron chi connectivity index (χ1n) is 8.51. The number of hydrogen-bond donors (Lipinski definition) is 0. The lowest BCUT2D eigenvalue weighted by atomic mass is 10.0. The van der Waals surface area contributed by atoms with Crippen molar-refractivity contribution in [1.82, 2.24) is 0 Å². The van der Waals surface area contributed by atoms with E-state index in [4.69, 9.17) is 4.42 Å². The minimum atomic E-state index is -0.424. The van der Waals surface area contributed by atoms with Crippen LogP contribution in [0.1, 0.15) is 38.9 Å². The van der Waals surface area contributed by atoms with E-state index in [1.807, 2.05) is 43.3 Å². The largest absolute Gasteiger partial charge is 0.468 e. The van der Waals surface area contributed by atoms with Crippen LogP contribution in [0.15, 0.2) is 71.3 Å². The van der Waals surface area contributed by atoms with Crippen LogP contribution in [0.4, 0.5) is 5.69 Å². The highest BCUT2D eigenvalue weighted by Gasteiger charge is 2.19. The molecule has 3 aromatic rings. The number of Topliss-reactive ketones (excluding diaryl/α,β-unsaturated/α-hetero) is 1. The van der Waals surface area contributed by atoms with E-state index in [0.717, 1.165) is 16.9 Å². The van der Waals surface area contributed by atoms with Gasteiger partial charge in [0, 0.05) is 29.4 Å². The van der Waals surface area contributed by atoms with Crippen LogP contribution in [0.5, 0.6) is 0 Å². The van der Waals surface area contributed by atoms with Crippen LogP contribution in [0.2, 0.25) is 0 Å². The molecule has 0 aliphatic carbocycles. The Hall–Kier alpha value is -2.86. The lowest BCUT2D eigenvalue weighted by Crippen LogP contribution is -2.06. The van der Waals surface area contributed by atoms with Gasteiger partial charge in [0.1, 0.15) is 5.76 Å². The van der Waals surface area contributed by atoms with Gasteiger partial charge in [-0.05, 0) is 24.6 Å². The summed E-state index contributed by atoms with van der Waals surface area (Å²) < 4.78 is 5.38. The van der Waals surface area contributed by atoms with Crippen molar-refractivity contribution < 1.29 is 14.1 Å². The summed E-state index contributed by atoms with van der Waals surface area (Å²) in [5.74, 6) is 1.50. The lowest BCUT2D eigenvalue weighted by molar-refractivity contribution is -0.384. The minimum absolute atomic E-state index is 0.0402. The predicted molar refractivity (Wildman–Crippen MR) is 106 cm³/mol. The van der Waals surface area contributed by atoms with Gasteiger partial charge in [0.05, 0.1) is 16.9 Å². The summed E-state index contributed by atoms with van der Waals surface area (Å²) in [5, 5.41) is 10.8. The van der Waals surface area contributed by atoms with Crippen LogP contribution in [0, 0.1) is 17.0 Å². The molecule has 2 aromatic carbocycles. The van der Waals surface area contributed by atoms with Gasteiger partial charge in [-0.1, -0.05) is 42.0 Å². The molecule has 1 heterocycles. The van der Waals surface area contributed by atoms with E-state index >= 15 is 0 Å². The molecule has 0 saturated carbocycles. The third-order valence-electron chi connectivity index (χ3n) is 4.23. The van der Waals surface area contributed by atoms with Crippen LogP contribution in [-0.4, -0.2) is 10.7 Å². The van der Waals surface area contributed by atoms with E-state index < -0.39 is 4.92 Å². The van der Waals surface area contributed by atoms with Crippen molar-refractivity contribution in [2.75, 3.05) is 0 Å². The molecule has 3 rings (SSSR count). The van der Waals surface area contributed by atoms with Crippen LogP contribution in [0.25, 0.3) is 0 Å². The predicted octanol–water partition coefficient (Wildman–Crippen LogP) is 5.74. The standard InChI is InChI=1S/C21H19NO4S/c1-15-4-6-16(7-5-15)20(23)13-21(27-14-19-3-2-12-26-19)17-8-10-18(11-9-17)22(24)25/h2-12,21H,13-14H2,1H3/t21-/m0/s1. The quantitative estimate of drug-likeness (QED) is 0.282. The van der Waals surface area contributed by atoms with Gasteiger partial charge in [-0.25, -0.2) is 0 Å². The topological polar surface area (TPSA) is 73.3 Å². The number of carbonyl (C=O) groups is 1. The molecule has 0 amide bonds. The van der Waals surface area contributed by atoms with E-state index in [2.05, 4.69) is 0 Å². The number of ketones is 1. The fraction of sp³-hybridized carbons (Fsp3) is 0.190. The molecule has 6 heteroatoms. The number of hydrogen-bond acceptors (Lipinski definition) is 5. The molecule has 0 spiro atoms. The van der Waals surface area contributed by atoms with Gasteiger partial charge in [0.2, 0.25) is 0 Å². The lowest BCUT2D eigenvalue weighted by Gasteiger charge is -2.16. The van der Waals surface area contributed by atoms with Gasteiger partial charge < -0.3 is 4.42 Å². The first kappa shape index (κ1) is 18.9. The van der Waals surface area contributed by atoms with Crippen LogP contribution in [-0.2, 0) is 5.75 Å². The van der Waals surface area contributed by atoms with Gasteiger partial charge in [0.15, 0.2) is 5.78 Å². The van der Waals surface area contributed by atoms with Crippen molar-refractivity contribution in [3.8, 4) is 0 Å². The fourth-order valence-corrected chi connectivity index (χ4v) is 3.84. The van der Waals surface area contributed by atoms with Crippen molar-refractivity contribution in [2.45, 2.75) is 24.3 Å². The summed E-state index contributed by atoms with van der Waals surface area (Å²) in [6.07, 6.45) is 1.93. The summed E-state index contributed by atoms with van der Waals surface area (Å²) in [6.45, 7) is 1.98. The van der Waals surface area contributed by atoms with E-state index in [0.29, 0.717) is 17.7 Å². The monoisotopic (exact) mass is 381 g/mol. The second-order valence-electron chi connectivity index (χ2n) is 6.22. The Morgan fingerprint density at radius 3 is 2.41 bits per heavy atom. The number of thioether (sulfide) groups is 1. The molecule has 0 aliphatic rings. The van der Waals surface area contributed by atoms with Gasteiger partial charge in [-0.3, -0.25) is 14.9 Å². The average Bonchev–Trinajstić information content (AvgIpc) is 3.19. The number of benzene rings is 2. The summed E-state index contributed by atoms with van der Waals surface area (Å²) in [4.78, 5) is 23.2. The summed E-state index contributed by atoms with van der Waals surface area (Å²) >= 11 is 1.59. The Morgan fingerprint density at radius 1 is 1.11 bits per heavy atom. The van der Waals surface area contributed by atoms with Crippen molar-refractivity contribution in [3.05, 3.63) is 99.5 Å². The normalized spacial score (nSPS) is 11.9.